The molecule has 0 amide bonds. The minimum absolute atomic E-state index is 0.993. The van der Waals surface area contributed by atoms with Gasteiger partial charge in [-0.3, -0.25) is 4.90 Å². The van der Waals surface area contributed by atoms with Gasteiger partial charge >= 0.3 is 0 Å². The summed E-state index contributed by atoms with van der Waals surface area (Å²) in [6.07, 6.45) is 2.89. The molecular formula is C13H22N2S. The molecule has 2 rings (SSSR count). The molecule has 3 heteroatoms. The molecule has 0 aliphatic heterocycles. The molecule has 0 spiro atoms. The summed E-state index contributed by atoms with van der Waals surface area (Å²) in [4.78, 5) is 3.98. The molecule has 0 atom stereocenters. The highest BCUT2D eigenvalue weighted by molar-refractivity contribution is 7.09. The fourth-order valence-corrected chi connectivity index (χ4v) is 2.58. The monoisotopic (exact) mass is 238 g/mol. The van der Waals surface area contributed by atoms with Crippen LogP contribution in [0.2, 0.25) is 0 Å². The molecule has 0 unspecified atom stereocenters. The molecule has 1 aliphatic rings. The van der Waals surface area contributed by atoms with Crippen molar-refractivity contribution in [2.45, 2.75) is 26.3 Å². The number of hydrogen-bond acceptors (Lipinski definition) is 3. The zero-order valence-corrected chi connectivity index (χ0v) is 10.9. The first kappa shape index (κ1) is 12.1. The smallest absolute Gasteiger partial charge is 0.0328 e. The number of hydrogen-bond donors (Lipinski definition) is 1. The van der Waals surface area contributed by atoms with E-state index in [0.29, 0.717) is 0 Å². The van der Waals surface area contributed by atoms with Crippen LogP contribution < -0.4 is 5.32 Å². The molecule has 0 radical (unpaired) electrons. The van der Waals surface area contributed by atoms with Gasteiger partial charge < -0.3 is 5.32 Å². The standard InChI is InChI=1S/C13H22N2S/c1-2-15(11-13-4-3-9-16-13)8-7-14-10-12-5-6-12/h3-4,9,12,14H,2,5-8,10-11H2,1H3. The van der Waals surface area contributed by atoms with Crippen LogP contribution in [0.1, 0.15) is 24.6 Å². The van der Waals surface area contributed by atoms with E-state index in [1.807, 2.05) is 11.3 Å². The topological polar surface area (TPSA) is 15.3 Å². The SMILES string of the molecule is CCN(CCNCC1CC1)Cc1cccs1. The Hall–Kier alpha value is -0.380. The fourth-order valence-electron chi connectivity index (χ4n) is 1.84. The maximum Gasteiger partial charge on any atom is 0.0328 e. The van der Waals surface area contributed by atoms with Crippen LogP contribution in [0.4, 0.5) is 0 Å². The van der Waals surface area contributed by atoms with E-state index < -0.39 is 0 Å². The number of nitrogens with one attached hydrogen (secondary N) is 1. The summed E-state index contributed by atoms with van der Waals surface area (Å²) in [5.74, 6) is 0.993. The van der Waals surface area contributed by atoms with Crippen molar-refractivity contribution in [1.29, 1.82) is 0 Å². The minimum atomic E-state index is 0.993. The van der Waals surface area contributed by atoms with Gasteiger partial charge in [-0.2, -0.15) is 0 Å². The first-order chi connectivity index (χ1) is 7.88. The van der Waals surface area contributed by atoms with Crippen LogP contribution in [-0.2, 0) is 6.54 Å². The van der Waals surface area contributed by atoms with Crippen LogP contribution >= 0.6 is 11.3 Å². The maximum absolute atomic E-state index is 3.55. The third kappa shape index (κ3) is 4.24. The van der Waals surface area contributed by atoms with Gasteiger partial charge in [-0.15, -0.1) is 11.3 Å². The Balaban J connectivity index is 1.60. The molecule has 16 heavy (non-hydrogen) atoms. The Morgan fingerprint density at radius 3 is 3.00 bits per heavy atom. The van der Waals surface area contributed by atoms with Gasteiger partial charge in [0, 0.05) is 24.5 Å². The van der Waals surface area contributed by atoms with E-state index in [0.717, 1.165) is 25.6 Å². The summed E-state index contributed by atoms with van der Waals surface area (Å²) in [5.41, 5.74) is 0. The molecule has 0 saturated heterocycles. The van der Waals surface area contributed by atoms with Crippen molar-refractivity contribution in [3.8, 4) is 0 Å². The van der Waals surface area contributed by atoms with Crippen molar-refractivity contribution in [2.75, 3.05) is 26.2 Å². The van der Waals surface area contributed by atoms with Gasteiger partial charge in [-0.25, -0.2) is 0 Å². The molecule has 2 nitrogen and oxygen atoms in total. The molecule has 1 aliphatic carbocycles. The zero-order chi connectivity index (χ0) is 11.2. The maximum atomic E-state index is 3.55. The molecular weight excluding hydrogens is 216 g/mol. The quantitative estimate of drug-likeness (QED) is 0.700. The first-order valence-corrected chi connectivity index (χ1v) is 7.22. The molecule has 1 N–H and O–H groups in total. The van der Waals surface area contributed by atoms with Gasteiger partial charge in [-0.1, -0.05) is 13.0 Å². The van der Waals surface area contributed by atoms with Crippen molar-refractivity contribution in [3.63, 3.8) is 0 Å². The molecule has 0 aromatic carbocycles. The Morgan fingerprint density at radius 2 is 2.38 bits per heavy atom. The highest BCUT2D eigenvalue weighted by Crippen LogP contribution is 2.27. The lowest BCUT2D eigenvalue weighted by molar-refractivity contribution is 0.281. The van der Waals surface area contributed by atoms with E-state index in [-0.39, 0.29) is 0 Å². The third-order valence-electron chi connectivity index (χ3n) is 3.14. The lowest BCUT2D eigenvalue weighted by atomic mass is 10.4. The zero-order valence-electron chi connectivity index (χ0n) is 10.1. The summed E-state index contributed by atoms with van der Waals surface area (Å²) >= 11 is 1.86. The normalized spacial score (nSPS) is 15.9. The van der Waals surface area contributed by atoms with E-state index >= 15 is 0 Å². The second kappa shape index (κ2) is 6.38. The molecule has 90 valence electrons. The van der Waals surface area contributed by atoms with Crippen molar-refractivity contribution in [1.82, 2.24) is 10.2 Å². The molecule has 1 aromatic rings. The van der Waals surface area contributed by atoms with E-state index in [1.165, 1.54) is 30.8 Å². The van der Waals surface area contributed by atoms with Crippen LogP contribution in [0.15, 0.2) is 17.5 Å². The predicted octanol–water partition coefficient (Wildman–Crippen LogP) is 2.57. The third-order valence-corrected chi connectivity index (χ3v) is 4.00. The molecule has 1 heterocycles. The van der Waals surface area contributed by atoms with Gasteiger partial charge in [0.2, 0.25) is 0 Å². The van der Waals surface area contributed by atoms with E-state index in [1.54, 1.807) is 0 Å². The molecule has 1 fully saturated rings. The summed E-state index contributed by atoms with van der Waals surface area (Å²) in [6, 6.07) is 4.37. The van der Waals surface area contributed by atoms with Crippen molar-refractivity contribution < 1.29 is 0 Å². The lowest BCUT2D eigenvalue weighted by Crippen LogP contribution is -2.32. The number of likely N-dealkylation sites (N-methyl/N-ethyl adjacent to an activating group) is 1. The second-order valence-corrected chi connectivity index (χ2v) is 5.63. The van der Waals surface area contributed by atoms with Gasteiger partial charge in [0.1, 0.15) is 0 Å². The van der Waals surface area contributed by atoms with E-state index in [2.05, 4.69) is 34.7 Å². The minimum Gasteiger partial charge on any atom is -0.315 e. The van der Waals surface area contributed by atoms with Gasteiger partial charge in [0.05, 0.1) is 0 Å². The fraction of sp³-hybridized carbons (Fsp3) is 0.692. The highest BCUT2D eigenvalue weighted by Gasteiger charge is 2.20. The van der Waals surface area contributed by atoms with E-state index in [4.69, 9.17) is 0 Å². The summed E-state index contributed by atoms with van der Waals surface area (Å²) in [6.45, 7) is 8.03. The molecule has 0 bridgehead atoms. The number of thiophene rings is 1. The largest absolute Gasteiger partial charge is 0.315 e. The van der Waals surface area contributed by atoms with Crippen LogP contribution in [0.3, 0.4) is 0 Å². The average molecular weight is 238 g/mol. The second-order valence-electron chi connectivity index (χ2n) is 4.60. The van der Waals surface area contributed by atoms with Crippen LogP contribution in [-0.4, -0.2) is 31.1 Å². The van der Waals surface area contributed by atoms with Crippen LogP contribution in [0, 0.1) is 5.92 Å². The highest BCUT2D eigenvalue weighted by atomic mass is 32.1. The summed E-state index contributed by atoms with van der Waals surface area (Å²) in [7, 11) is 0. The average Bonchev–Trinajstić information content (AvgIpc) is 2.99. The Labute approximate surface area is 103 Å². The van der Waals surface area contributed by atoms with Gasteiger partial charge in [0.15, 0.2) is 0 Å². The number of nitrogens with zero attached hydrogens (tertiary/aromatic N) is 1. The van der Waals surface area contributed by atoms with Crippen molar-refractivity contribution in [3.05, 3.63) is 22.4 Å². The summed E-state index contributed by atoms with van der Waals surface area (Å²) in [5, 5.41) is 5.71. The van der Waals surface area contributed by atoms with Crippen LogP contribution in [0.25, 0.3) is 0 Å². The van der Waals surface area contributed by atoms with Gasteiger partial charge in [0.25, 0.3) is 0 Å². The van der Waals surface area contributed by atoms with Crippen LogP contribution in [0.5, 0.6) is 0 Å². The Kier molecular flexibility index (Phi) is 4.82. The van der Waals surface area contributed by atoms with Crippen molar-refractivity contribution in [2.24, 2.45) is 5.92 Å². The number of rotatable bonds is 8. The Morgan fingerprint density at radius 1 is 1.50 bits per heavy atom. The lowest BCUT2D eigenvalue weighted by Gasteiger charge is -2.19. The molecule has 1 saturated carbocycles. The predicted molar refractivity (Wildman–Crippen MR) is 70.9 cm³/mol. The van der Waals surface area contributed by atoms with E-state index in [9.17, 15) is 0 Å². The van der Waals surface area contributed by atoms with Crippen molar-refractivity contribution >= 4 is 11.3 Å². The Bertz CT molecular complexity index is 280. The molecule has 1 aromatic heterocycles. The van der Waals surface area contributed by atoms with Gasteiger partial charge in [-0.05, 0) is 43.3 Å². The summed E-state index contributed by atoms with van der Waals surface area (Å²) < 4.78 is 0. The first-order valence-electron chi connectivity index (χ1n) is 6.34.